The molecule has 0 aliphatic heterocycles. The van der Waals surface area contributed by atoms with Crippen LogP contribution >= 0.6 is 0 Å². The Morgan fingerprint density at radius 3 is 3.00 bits per heavy atom. The van der Waals surface area contributed by atoms with E-state index >= 15 is 0 Å². The molecule has 0 aliphatic carbocycles. The van der Waals surface area contributed by atoms with E-state index in [1.54, 1.807) is 0 Å². The van der Waals surface area contributed by atoms with Crippen LogP contribution in [-0.4, -0.2) is 33.3 Å². The van der Waals surface area contributed by atoms with Crippen molar-refractivity contribution in [3.8, 4) is 5.75 Å². The smallest absolute Gasteiger partial charge is 0.306 e. The van der Waals surface area contributed by atoms with Crippen molar-refractivity contribution >= 4 is 5.97 Å². The third kappa shape index (κ3) is 2.40. The summed E-state index contributed by atoms with van der Waals surface area (Å²) in [5.74, 6) is -0.820. The molecule has 1 aromatic heterocycles. The Bertz CT molecular complexity index is 329. The van der Waals surface area contributed by atoms with Gasteiger partial charge in [-0.15, -0.1) is 0 Å². The van der Waals surface area contributed by atoms with E-state index in [0.29, 0.717) is 0 Å². The van der Waals surface area contributed by atoms with Crippen LogP contribution in [-0.2, 0) is 4.79 Å². The Morgan fingerprint density at radius 2 is 2.43 bits per heavy atom. The number of nitrogens with zero attached hydrogens (tertiary/aromatic N) is 2. The lowest BCUT2D eigenvalue weighted by Gasteiger charge is -2.10. The summed E-state index contributed by atoms with van der Waals surface area (Å²) in [6.45, 7) is 0. The Labute approximate surface area is 80.2 Å². The molecule has 1 unspecified atom stereocenters. The van der Waals surface area contributed by atoms with Crippen LogP contribution in [0.4, 0.5) is 0 Å². The van der Waals surface area contributed by atoms with Gasteiger partial charge in [0.05, 0.1) is 19.7 Å². The second-order valence-corrected chi connectivity index (χ2v) is 2.59. The average molecular weight is 198 g/mol. The molecular formula is C8H10N2O4. The molecule has 0 spiro atoms. The molecule has 76 valence electrons. The quantitative estimate of drug-likeness (QED) is 0.707. The SMILES string of the molecule is COc1cncnc1C(O)CC(=O)O. The zero-order chi connectivity index (χ0) is 10.6. The maximum absolute atomic E-state index is 10.3. The molecule has 0 amide bonds. The van der Waals surface area contributed by atoms with Gasteiger partial charge in [0, 0.05) is 0 Å². The van der Waals surface area contributed by atoms with Gasteiger partial charge in [-0.1, -0.05) is 0 Å². The molecule has 0 saturated carbocycles. The minimum absolute atomic E-state index is 0.185. The standard InChI is InChI=1S/C8H10N2O4/c1-14-6-3-9-4-10-8(6)5(11)2-7(12)13/h3-5,11H,2H2,1H3,(H,12,13). The van der Waals surface area contributed by atoms with Gasteiger partial charge in [-0.3, -0.25) is 4.79 Å². The van der Waals surface area contributed by atoms with Gasteiger partial charge in [0.25, 0.3) is 0 Å². The van der Waals surface area contributed by atoms with Crippen molar-refractivity contribution in [1.29, 1.82) is 0 Å². The molecule has 1 atom stereocenters. The van der Waals surface area contributed by atoms with Crippen LogP contribution < -0.4 is 4.74 Å². The van der Waals surface area contributed by atoms with Crippen molar-refractivity contribution in [3.05, 3.63) is 18.2 Å². The Balaban J connectivity index is 2.87. The Morgan fingerprint density at radius 1 is 1.71 bits per heavy atom. The largest absolute Gasteiger partial charge is 0.493 e. The molecule has 2 N–H and O–H groups in total. The summed E-state index contributed by atoms with van der Waals surface area (Å²) in [6, 6.07) is 0. The summed E-state index contributed by atoms with van der Waals surface area (Å²) in [5, 5.41) is 17.9. The topological polar surface area (TPSA) is 92.5 Å². The fourth-order valence-electron chi connectivity index (χ4n) is 0.996. The van der Waals surface area contributed by atoms with E-state index in [1.165, 1.54) is 19.6 Å². The van der Waals surface area contributed by atoms with Gasteiger partial charge in [-0.2, -0.15) is 0 Å². The number of aliphatic carboxylic acids is 1. The lowest BCUT2D eigenvalue weighted by atomic mass is 10.2. The summed E-state index contributed by atoms with van der Waals surface area (Å²) in [5.41, 5.74) is 0.185. The molecule has 6 heteroatoms. The van der Waals surface area contributed by atoms with Crippen LogP contribution in [0.2, 0.25) is 0 Å². The summed E-state index contributed by atoms with van der Waals surface area (Å²) in [4.78, 5) is 17.8. The molecule has 0 bridgehead atoms. The van der Waals surface area contributed by atoms with Crippen LogP contribution in [0.1, 0.15) is 18.2 Å². The molecule has 0 radical (unpaired) electrons. The first-order chi connectivity index (χ1) is 6.65. The van der Waals surface area contributed by atoms with Crippen LogP contribution in [0.5, 0.6) is 5.75 Å². The maximum Gasteiger partial charge on any atom is 0.306 e. The highest BCUT2D eigenvalue weighted by Crippen LogP contribution is 2.23. The molecule has 1 rings (SSSR count). The molecule has 1 aromatic rings. The van der Waals surface area contributed by atoms with Gasteiger partial charge in [-0.05, 0) is 0 Å². The minimum Gasteiger partial charge on any atom is -0.493 e. The molecule has 0 aliphatic rings. The van der Waals surface area contributed by atoms with Crippen molar-refractivity contribution in [3.63, 3.8) is 0 Å². The molecule has 0 fully saturated rings. The van der Waals surface area contributed by atoms with Gasteiger partial charge in [-0.25, -0.2) is 9.97 Å². The van der Waals surface area contributed by atoms with Crippen molar-refractivity contribution in [2.45, 2.75) is 12.5 Å². The van der Waals surface area contributed by atoms with Crippen LogP contribution in [0.3, 0.4) is 0 Å². The van der Waals surface area contributed by atoms with Crippen molar-refractivity contribution in [2.24, 2.45) is 0 Å². The highest BCUT2D eigenvalue weighted by Gasteiger charge is 2.17. The first-order valence-corrected chi connectivity index (χ1v) is 3.89. The van der Waals surface area contributed by atoms with Gasteiger partial charge in [0.15, 0.2) is 5.75 Å². The number of ether oxygens (including phenoxy) is 1. The Kier molecular flexibility index (Phi) is 3.35. The highest BCUT2D eigenvalue weighted by atomic mass is 16.5. The fourth-order valence-corrected chi connectivity index (χ4v) is 0.996. The number of hydrogen-bond acceptors (Lipinski definition) is 5. The predicted octanol–water partition coefficient (Wildman–Crippen LogP) is -0.00670. The summed E-state index contributed by atoms with van der Waals surface area (Å²) in [6.07, 6.45) is 1.01. The van der Waals surface area contributed by atoms with E-state index < -0.39 is 18.5 Å². The molecule has 1 heterocycles. The van der Waals surface area contributed by atoms with Crippen LogP contribution in [0.15, 0.2) is 12.5 Å². The summed E-state index contributed by atoms with van der Waals surface area (Å²) < 4.78 is 4.87. The monoisotopic (exact) mass is 198 g/mol. The van der Waals surface area contributed by atoms with E-state index in [4.69, 9.17) is 9.84 Å². The number of carbonyl (C=O) groups is 1. The third-order valence-electron chi connectivity index (χ3n) is 1.61. The molecular weight excluding hydrogens is 188 g/mol. The van der Waals surface area contributed by atoms with Crippen molar-refractivity contribution < 1.29 is 19.7 Å². The molecule has 0 saturated heterocycles. The van der Waals surface area contributed by atoms with Gasteiger partial charge in [0.1, 0.15) is 18.1 Å². The third-order valence-corrected chi connectivity index (χ3v) is 1.61. The van der Waals surface area contributed by atoms with E-state index in [-0.39, 0.29) is 11.4 Å². The molecule has 0 aromatic carbocycles. The normalized spacial score (nSPS) is 12.1. The molecule has 6 nitrogen and oxygen atoms in total. The lowest BCUT2D eigenvalue weighted by Crippen LogP contribution is -2.08. The van der Waals surface area contributed by atoms with E-state index in [9.17, 15) is 9.90 Å². The minimum atomic E-state index is -1.18. The predicted molar refractivity (Wildman–Crippen MR) is 45.8 cm³/mol. The zero-order valence-electron chi connectivity index (χ0n) is 7.54. The lowest BCUT2D eigenvalue weighted by molar-refractivity contribution is -0.139. The van der Waals surface area contributed by atoms with Gasteiger partial charge < -0.3 is 14.9 Å². The molecule has 14 heavy (non-hydrogen) atoms. The first-order valence-electron chi connectivity index (χ1n) is 3.89. The number of rotatable bonds is 4. The fraction of sp³-hybridized carbons (Fsp3) is 0.375. The van der Waals surface area contributed by atoms with Crippen LogP contribution in [0.25, 0.3) is 0 Å². The number of aromatic nitrogens is 2. The van der Waals surface area contributed by atoms with Gasteiger partial charge in [0.2, 0.25) is 0 Å². The van der Waals surface area contributed by atoms with Gasteiger partial charge >= 0.3 is 5.97 Å². The second-order valence-electron chi connectivity index (χ2n) is 2.59. The summed E-state index contributed by atoms with van der Waals surface area (Å²) in [7, 11) is 1.40. The zero-order valence-corrected chi connectivity index (χ0v) is 7.54. The second kappa shape index (κ2) is 4.52. The number of methoxy groups -OCH3 is 1. The van der Waals surface area contributed by atoms with Crippen molar-refractivity contribution in [1.82, 2.24) is 9.97 Å². The number of carboxylic acids is 1. The number of carboxylic acid groups (broad SMARTS) is 1. The van der Waals surface area contributed by atoms with Crippen molar-refractivity contribution in [2.75, 3.05) is 7.11 Å². The number of aliphatic hydroxyl groups excluding tert-OH is 1. The van der Waals surface area contributed by atoms with E-state index in [2.05, 4.69) is 9.97 Å². The average Bonchev–Trinajstić information content (AvgIpc) is 2.16. The van der Waals surface area contributed by atoms with E-state index in [1.807, 2.05) is 0 Å². The van der Waals surface area contributed by atoms with E-state index in [0.717, 1.165) is 0 Å². The van der Waals surface area contributed by atoms with Crippen LogP contribution in [0, 0.1) is 0 Å². The first kappa shape index (κ1) is 10.4. The number of hydrogen-bond donors (Lipinski definition) is 2. The highest BCUT2D eigenvalue weighted by molar-refractivity contribution is 5.67. The summed E-state index contributed by atoms with van der Waals surface area (Å²) >= 11 is 0. The Hall–Kier alpha value is -1.69. The maximum atomic E-state index is 10.3. The number of aliphatic hydroxyl groups is 1.